The Labute approximate surface area is 188 Å². The van der Waals surface area contributed by atoms with Crippen LogP contribution in [0.15, 0.2) is 48.5 Å². The van der Waals surface area contributed by atoms with Crippen molar-refractivity contribution in [3.05, 3.63) is 48.5 Å². The zero-order chi connectivity index (χ0) is 22.8. The Kier molecular flexibility index (Phi) is 8.50. The lowest BCUT2D eigenvalue weighted by Crippen LogP contribution is -2.32. The van der Waals surface area contributed by atoms with E-state index in [1.165, 1.54) is 0 Å². The first-order valence-electron chi connectivity index (χ1n) is 11.0. The molecule has 0 bridgehead atoms. The van der Waals surface area contributed by atoms with Gasteiger partial charge < -0.3 is 19.7 Å². The van der Waals surface area contributed by atoms with Crippen molar-refractivity contribution in [2.75, 3.05) is 23.9 Å². The molecule has 168 valence electrons. The number of hydrogen-bond donors (Lipinski definition) is 1. The van der Waals surface area contributed by atoms with Crippen molar-refractivity contribution < 1.29 is 19.1 Å². The van der Waals surface area contributed by atoms with Crippen molar-refractivity contribution in [2.24, 2.45) is 0 Å². The van der Waals surface area contributed by atoms with Crippen LogP contribution in [0.1, 0.15) is 44.9 Å². The zero-order valence-electron chi connectivity index (χ0n) is 18.4. The minimum absolute atomic E-state index is 0.0412. The second-order valence-corrected chi connectivity index (χ2v) is 7.73. The van der Waals surface area contributed by atoms with Gasteiger partial charge in [-0.05, 0) is 49.9 Å². The fourth-order valence-corrected chi connectivity index (χ4v) is 3.78. The maximum Gasteiger partial charge on any atom is 0.227 e. The number of ether oxygens (including phenoxy) is 2. The third-order valence-corrected chi connectivity index (χ3v) is 5.43. The minimum Gasteiger partial charge on any atom is -0.493 e. The summed E-state index contributed by atoms with van der Waals surface area (Å²) in [5.41, 5.74) is 1.32. The van der Waals surface area contributed by atoms with Crippen molar-refractivity contribution >= 4 is 23.2 Å². The molecule has 0 spiro atoms. The topological polar surface area (TPSA) is 91.7 Å². The van der Waals surface area contributed by atoms with E-state index in [1.54, 1.807) is 30.2 Å². The van der Waals surface area contributed by atoms with Crippen molar-refractivity contribution in [1.82, 2.24) is 0 Å². The van der Waals surface area contributed by atoms with Gasteiger partial charge in [0.1, 0.15) is 0 Å². The molecule has 0 heterocycles. The Morgan fingerprint density at radius 1 is 1.09 bits per heavy atom. The first kappa shape index (κ1) is 23.1. The van der Waals surface area contributed by atoms with Gasteiger partial charge in [0.2, 0.25) is 11.8 Å². The quantitative estimate of drug-likeness (QED) is 0.585. The molecule has 0 unspecified atom stereocenters. The Hall–Kier alpha value is -3.53. The summed E-state index contributed by atoms with van der Waals surface area (Å²) in [5.74, 6) is 0.784. The maximum atomic E-state index is 12.7. The summed E-state index contributed by atoms with van der Waals surface area (Å²) < 4.78 is 11.5. The number of para-hydroxylation sites is 1. The summed E-state index contributed by atoms with van der Waals surface area (Å²) in [6, 6.07) is 16.5. The molecule has 1 fully saturated rings. The van der Waals surface area contributed by atoms with Gasteiger partial charge in [-0.2, -0.15) is 5.26 Å². The molecule has 1 aliphatic carbocycles. The van der Waals surface area contributed by atoms with Crippen LogP contribution < -0.4 is 19.7 Å². The summed E-state index contributed by atoms with van der Waals surface area (Å²) in [6.45, 7) is 0.293. The number of methoxy groups -OCH3 is 1. The summed E-state index contributed by atoms with van der Waals surface area (Å²) in [5, 5.41) is 11.7. The number of carbonyl (C=O) groups is 2. The van der Waals surface area contributed by atoms with Crippen molar-refractivity contribution in [2.45, 2.75) is 51.0 Å². The highest BCUT2D eigenvalue weighted by molar-refractivity contribution is 5.98. The lowest BCUT2D eigenvalue weighted by molar-refractivity contribution is -0.122. The molecule has 7 nitrogen and oxygen atoms in total. The van der Waals surface area contributed by atoms with Crippen LogP contribution in [0.5, 0.6) is 11.5 Å². The largest absolute Gasteiger partial charge is 0.493 e. The number of hydrogen-bond acceptors (Lipinski definition) is 5. The molecule has 0 aliphatic heterocycles. The van der Waals surface area contributed by atoms with Crippen LogP contribution in [0, 0.1) is 11.3 Å². The molecule has 32 heavy (non-hydrogen) atoms. The molecule has 2 aromatic rings. The van der Waals surface area contributed by atoms with E-state index in [0.29, 0.717) is 23.7 Å². The Balaban J connectivity index is 1.58. The van der Waals surface area contributed by atoms with Crippen LogP contribution in [0.3, 0.4) is 0 Å². The molecule has 0 saturated heterocycles. The Bertz CT molecular complexity index is 949. The molecule has 1 saturated carbocycles. The Morgan fingerprint density at radius 3 is 2.53 bits per heavy atom. The van der Waals surface area contributed by atoms with Gasteiger partial charge in [-0.15, -0.1) is 0 Å². The number of benzene rings is 2. The number of nitrogens with one attached hydrogen (secondary N) is 1. The van der Waals surface area contributed by atoms with E-state index in [9.17, 15) is 9.59 Å². The van der Waals surface area contributed by atoms with Gasteiger partial charge in [-0.25, -0.2) is 0 Å². The second-order valence-electron chi connectivity index (χ2n) is 7.73. The average Bonchev–Trinajstić information content (AvgIpc) is 3.32. The van der Waals surface area contributed by atoms with E-state index in [0.717, 1.165) is 31.4 Å². The molecular formula is C25H29N3O4. The molecule has 0 aromatic heterocycles. The standard InChI is InChI=1S/C25H29N3O4/c1-31-22-13-12-19(18-23(22)32-21-10-5-6-11-21)27-24(29)14-15-25(30)28(17-7-16-26)20-8-3-2-4-9-20/h2-4,8-9,12-13,18,21H,5-7,10-11,14-15,17H2,1H3,(H,27,29). The van der Waals surface area contributed by atoms with Crippen LogP contribution >= 0.6 is 0 Å². The number of anilines is 2. The molecule has 0 radical (unpaired) electrons. The normalized spacial score (nSPS) is 13.2. The van der Waals surface area contributed by atoms with E-state index in [4.69, 9.17) is 14.7 Å². The Morgan fingerprint density at radius 2 is 1.84 bits per heavy atom. The number of nitrogens with zero attached hydrogens (tertiary/aromatic N) is 2. The number of rotatable bonds is 10. The second kappa shape index (κ2) is 11.8. The smallest absolute Gasteiger partial charge is 0.227 e. The zero-order valence-corrected chi connectivity index (χ0v) is 18.4. The summed E-state index contributed by atoms with van der Waals surface area (Å²) in [6.07, 6.45) is 4.84. The molecule has 7 heteroatoms. The summed E-state index contributed by atoms with van der Waals surface area (Å²) >= 11 is 0. The van der Waals surface area contributed by atoms with Crippen LogP contribution in [0.4, 0.5) is 11.4 Å². The fraction of sp³-hybridized carbons (Fsp3) is 0.400. The fourth-order valence-electron chi connectivity index (χ4n) is 3.78. The molecule has 0 atom stereocenters. The van der Waals surface area contributed by atoms with Gasteiger partial charge in [-0.1, -0.05) is 18.2 Å². The van der Waals surface area contributed by atoms with Crippen LogP contribution in [0.25, 0.3) is 0 Å². The minimum atomic E-state index is -0.261. The third kappa shape index (κ3) is 6.48. The van der Waals surface area contributed by atoms with Gasteiger partial charge in [0.15, 0.2) is 11.5 Å². The lowest BCUT2D eigenvalue weighted by Gasteiger charge is -2.21. The maximum absolute atomic E-state index is 12.7. The van der Waals surface area contributed by atoms with Gasteiger partial charge in [0.25, 0.3) is 0 Å². The highest BCUT2D eigenvalue weighted by Gasteiger charge is 2.20. The average molecular weight is 436 g/mol. The van der Waals surface area contributed by atoms with Crippen LogP contribution in [-0.4, -0.2) is 31.6 Å². The van der Waals surface area contributed by atoms with Crippen molar-refractivity contribution in [3.63, 3.8) is 0 Å². The van der Waals surface area contributed by atoms with E-state index in [-0.39, 0.29) is 37.2 Å². The van der Waals surface area contributed by atoms with Gasteiger partial charge in [-0.3, -0.25) is 9.59 Å². The highest BCUT2D eigenvalue weighted by atomic mass is 16.5. The van der Waals surface area contributed by atoms with Crippen LogP contribution in [0.2, 0.25) is 0 Å². The molecule has 1 N–H and O–H groups in total. The number of nitriles is 1. The first-order valence-corrected chi connectivity index (χ1v) is 11.0. The van der Waals surface area contributed by atoms with E-state index in [2.05, 4.69) is 11.4 Å². The third-order valence-electron chi connectivity index (χ3n) is 5.43. The molecule has 1 aliphatic rings. The SMILES string of the molecule is COc1ccc(NC(=O)CCC(=O)N(CCC#N)c2ccccc2)cc1OC1CCCC1. The van der Waals surface area contributed by atoms with Crippen molar-refractivity contribution in [1.29, 1.82) is 5.26 Å². The monoisotopic (exact) mass is 435 g/mol. The van der Waals surface area contributed by atoms with Gasteiger partial charge >= 0.3 is 0 Å². The van der Waals surface area contributed by atoms with E-state index in [1.807, 2.05) is 30.3 Å². The predicted molar refractivity (Wildman–Crippen MR) is 123 cm³/mol. The van der Waals surface area contributed by atoms with Gasteiger partial charge in [0, 0.05) is 36.8 Å². The van der Waals surface area contributed by atoms with Crippen molar-refractivity contribution in [3.8, 4) is 17.6 Å². The lowest BCUT2D eigenvalue weighted by atomic mass is 10.2. The van der Waals surface area contributed by atoms with E-state index >= 15 is 0 Å². The molecule has 2 amide bonds. The first-order chi connectivity index (χ1) is 15.6. The molecule has 3 rings (SSSR count). The highest BCUT2D eigenvalue weighted by Crippen LogP contribution is 2.34. The van der Waals surface area contributed by atoms with Gasteiger partial charge in [0.05, 0.1) is 25.7 Å². The predicted octanol–water partition coefficient (Wildman–Crippen LogP) is 4.68. The summed E-state index contributed by atoms with van der Waals surface area (Å²) in [7, 11) is 1.59. The van der Waals surface area contributed by atoms with Crippen LogP contribution in [-0.2, 0) is 9.59 Å². The summed E-state index contributed by atoms with van der Waals surface area (Å²) in [4.78, 5) is 26.8. The molecular weight excluding hydrogens is 406 g/mol. The number of carbonyl (C=O) groups excluding carboxylic acids is 2. The number of amides is 2. The molecule has 2 aromatic carbocycles. The van der Waals surface area contributed by atoms with E-state index < -0.39 is 0 Å².